The lowest BCUT2D eigenvalue weighted by Crippen LogP contribution is -2.23. The van der Waals surface area contributed by atoms with Gasteiger partial charge in [0, 0.05) is 21.8 Å². The minimum absolute atomic E-state index is 0.369. The van der Waals surface area contributed by atoms with E-state index in [1.807, 2.05) is 11.3 Å². The number of nitrogens with one attached hydrogen (secondary N) is 1. The average Bonchev–Trinajstić information content (AvgIpc) is 2.74. The first-order valence-electron chi connectivity index (χ1n) is 7.28. The monoisotopic (exact) mass is 287 g/mol. The van der Waals surface area contributed by atoms with Crippen LogP contribution >= 0.6 is 11.3 Å². The van der Waals surface area contributed by atoms with Crippen LogP contribution in [0.1, 0.15) is 57.9 Å². The first kappa shape index (κ1) is 15.3. The fraction of sp³-hybridized carbons (Fsp3) is 0.444. The maximum atomic E-state index is 3.74. The van der Waals surface area contributed by atoms with E-state index in [9.17, 15) is 0 Å². The normalized spacial score (nSPS) is 14.3. The van der Waals surface area contributed by atoms with Gasteiger partial charge >= 0.3 is 0 Å². The summed E-state index contributed by atoms with van der Waals surface area (Å²) in [5.41, 5.74) is 5.56. The van der Waals surface area contributed by atoms with Crippen LogP contribution in [-0.4, -0.2) is 0 Å². The van der Waals surface area contributed by atoms with Crippen LogP contribution in [0.4, 0.5) is 0 Å². The predicted molar refractivity (Wildman–Crippen MR) is 89.7 cm³/mol. The Kier molecular flexibility index (Phi) is 4.66. The summed E-state index contributed by atoms with van der Waals surface area (Å²) in [6.07, 6.45) is 0. The largest absolute Gasteiger partial charge is 0.303 e. The average molecular weight is 287 g/mol. The molecule has 0 fully saturated rings. The van der Waals surface area contributed by atoms with Crippen molar-refractivity contribution < 1.29 is 0 Å². The van der Waals surface area contributed by atoms with E-state index < -0.39 is 0 Å². The molecule has 1 aromatic heterocycles. The molecule has 2 heteroatoms. The van der Waals surface area contributed by atoms with Crippen LogP contribution in [0.25, 0.3) is 0 Å². The molecule has 0 aliphatic rings. The fourth-order valence-electron chi connectivity index (χ4n) is 3.10. The lowest BCUT2D eigenvalue weighted by Gasteiger charge is -2.23. The third kappa shape index (κ3) is 3.31. The highest BCUT2D eigenvalue weighted by molar-refractivity contribution is 7.12. The molecular formula is C18H25NS. The summed E-state index contributed by atoms with van der Waals surface area (Å²) in [6, 6.07) is 9.75. The molecular weight excluding hydrogens is 262 g/mol. The van der Waals surface area contributed by atoms with Crippen molar-refractivity contribution in [1.82, 2.24) is 5.32 Å². The van der Waals surface area contributed by atoms with E-state index in [1.54, 1.807) is 0 Å². The Morgan fingerprint density at radius 1 is 0.900 bits per heavy atom. The summed E-state index contributed by atoms with van der Waals surface area (Å²) in [6.45, 7) is 13.3. The predicted octanol–water partition coefficient (Wildman–Crippen LogP) is 5.39. The molecule has 1 nitrogen and oxygen atoms in total. The van der Waals surface area contributed by atoms with Gasteiger partial charge in [0.15, 0.2) is 0 Å². The van der Waals surface area contributed by atoms with Crippen molar-refractivity contribution in [3.8, 4) is 0 Å². The molecule has 0 saturated heterocycles. The van der Waals surface area contributed by atoms with Gasteiger partial charge in [0.25, 0.3) is 0 Å². The molecule has 1 heterocycles. The van der Waals surface area contributed by atoms with Crippen LogP contribution in [0.2, 0.25) is 0 Å². The van der Waals surface area contributed by atoms with E-state index in [0.29, 0.717) is 12.1 Å². The number of rotatable bonds is 4. The smallest absolute Gasteiger partial charge is 0.0391 e. The number of thiophene rings is 1. The Bertz CT molecular complexity index is 574. The topological polar surface area (TPSA) is 12.0 Å². The molecule has 2 unspecified atom stereocenters. The minimum atomic E-state index is 0.369. The van der Waals surface area contributed by atoms with E-state index in [2.05, 4.69) is 71.1 Å². The van der Waals surface area contributed by atoms with Crippen LogP contribution in [0.5, 0.6) is 0 Å². The van der Waals surface area contributed by atoms with Crippen LogP contribution in [0.3, 0.4) is 0 Å². The highest BCUT2D eigenvalue weighted by Gasteiger charge is 2.16. The maximum absolute atomic E-state index is 3.74. The van der Waals surface area contributed by atoms with Gasteiger partial charge in [0.1, 0.15) is 0 Å². The minimum Gasteiger partial charge on any atom is -0.303 e. The van der Waals surface area contributed by atoms with Gasteiger partial charge in [-0.3, -0.25) is 0 Å². The first-order valence-corrected chi connectivity index (χ1v) is 8.10. The highest BCUT2D eigenvalue weighted by Crippen LogP contribution is 2.28. The molecule has 108 valence electrons. The van der Waals surface area contributed by atoms with Gasteiger partial charge in [-0.1, -0.05) is 17.7 Å². The highest BCUT2D eigenvalue weighted by atomic mass is 32.1. The molecule has 0 aliphatic heterocycles. The molecule has 1 N–H and O–H groups in total. The molecule has 0 aliphatic carbocycles. The van der Waals surface area contributed by atoms with Gasteiger partial charge in [-0.15, -0.1) is 11.3 Å². The van der Waals surface area contributed by atoms with Crippen LogP contribution in [0, 0.1) is 27.7 Å². The quantitative estimate of drug-likeness (QED) is 0.794. The SMILES string of the molecule is Cc1cc(C)c(C(C)NC(C)c2ccc(C)s2)c(C)c1. The van der Waals surface area contributed by atoms with Crippen molar-refractivity contribution >= 4 is 11.3 Å². The second-order valence-corrected chi connectivity index (χ2v) is 7.19. The molecule has 20 heavy (non-hydrogen) atoms. The Hall–Kier alpha value is -1.12. The molecule has 2 rings (SSSR count). The van der Waals surface area contributed by atoms with Crippen LogP contribution in [0.15, 0.2) is 24.3 Å². The fourth-order valence-corrected chi connectivity index (χ4v) is 3.99. The molecule has 0 amide bonds. The van der Waals surface area contributed by atoms with Gasteiger partial charge in [-0.2, -0.15) is 0 Å². The van der Waals surface area contributed by atoms with Gasteiger partial charge in [-0.25, -0.2) is 0 Å². The standard InChI is InChI=1S/C18H25NS/c1-11-9-12(2)18(13(3)10-11)16(6)19-15(5)17-8-7-14(4)20-17/h7-10,15-16,19H,1-6H3. The summed E-state index contributed by atoms with van der Waals surface area (Å²) < 4.78 is 0. The lowest BCUT2D eigenvalue weighted by atomic mass is 9.94. The summed E-state index contributed by atoms with van der Waals surface area (Å²) in [5, 5.41) is 3.74. The number of aryl methyl sites for hydroxylation is 4. The summed E-state index contributed by atoms with van der Waals surface area (Å²) in [5.74, 6) is 0. The molecule has 0 saturated carbocycles. The first-order chi connectivity index (χ1) is 9.38. The zero-order valence-corrected chi connectivity index (χ0v) is 14.2. The van der Waals surface area contributed by atoms with Crippen molar-refractivity contribution in [3.05, 3.63) is 56.3 Å². The Balaban J connectivity index is 2.18. The van der Waals surface area contributed by atoms with Gasteiger partial charge in [-0.05, 0) is 70.4 Å². The van der Waals surface area contributed by atoms with Crippen molar-refractivity contribution in [2.24, 2.45) is 0 Å². The van der Waals surface area contributed by atoms with E-state index >= 15 is 0 Å². The van der Waals surface area contributed by atoms with E-state index in [4.69, 9.17) is 0 Å². The number of hydrogen-bond acceptors (Lipinski definition) is 2. The maximum Gasteiger partial charge on any atom is 0.0391 e. The van der Waals surface area contributed by atoms with Gasteiger partial charge in [0.05, 0.1) is 0 Å². The van der Waals surface area contributed by atoms with Crippen LogP contribution < -0.4 is 5.32 Å². The zero-order valence-electron chi connectivity index (χ0n) is 13.4. The summed E-state index contributed by atoms with van der Waals surface area (Å²) in [4.78, 5) is 2.79. The molecule has 2 atom stereocenters. The zero-order chi connectivity index (χ0) is 14.9. The lowest BCUT2D eigenvalue weighted by molar-refractivity contribution is 0.497. The second kappa shape index (κ2) is 6.11. The second-order valence-electron chi connectivity index (χ2n) is 5.87. The summed E-state index contributed by atoms with van der Waals surface area (Å²) >= 11 is 1.88. The Morgan fingerprint density at radius 3 is 2.00 bits per heavy atom. The van der Waals surface area contributed by atoms with E-state index in [1.165, 1.54) is 32.0 Å². The summed E-state index contributed by atoms with van der Waals surface area (Å²) in [7, 11) is 0. The van der Waals surface area contributed by atoms with Crippen molar-refractivity contribution in [3.63, 3.8) is 0 Å². The molecule has 2 aromatic rings. The third-order valence-corrected chi connectivity index (χ3v) is 5.04. The molecule has 1 aromatic carbocycles. The molecule has 0 radical (unpaired) electrons. The van der Waals surface area contributed by atoms with E-state index in [0.717, 1.165) is 0 Å². The Labute approximate surface area is 127 Å². The number of benzene rings is 1. The van der Waals surface area contributed by atoms with Crippen molar-refractivity contribution in [2.75, 3.05) is 0 Å². The van der Waals surface area contributed by atoms with Crippen molar-refractivity contribution in [1.29, 1.82) is 0 Å². The molecule has 0 bridgehead atoms. The van der Waals surface area contributed by atoms with Crippen molar-refractivity contribution in [2.45, 2.75) is 53.6 Å². The van der Waals surface area contributed by atoms with Gasteiger partial charge in [0.2, 0.25) is 0 Å². The third-order valence-electron chi connectivity index (χ3n) is 3.86. The van der Waals surface area contributed by atoms with Crippen LogP contribution in [-0.2, 0) is 0 Å². The molecule has 0 spiro atoms. The van der Waals surface area contributed by atoms with Gasteiger partial charge < -0.3 is 5.32 Å². The van der Waals surface area contributed by atoms with E-state index in [-0.39, 0.29) is 0 Å². The Morgan fingerprint density at radius 2 is 1.50 bits per heavy atom. The number of hydrogen-bond donors (Lipinski definition) is 1.